The summed E-state index contributed by atoms with van der Waals surface area (Å²) < 4.78 is 4.68. The Hall–Kier alpha value is -0.720. The molecule has 0 aromatic carbocycles. The van der Waals surface area contributed by atoms with Crippen LogP contribution in [0.5, 0.6) is 0 Å². The molecule has 0 aliphatic heterocycles. The Morgan fingerprint density at radius 3 is 3.00 bits per heavy atom. The third-order valence-electron chi connectivity index (χ3n) is 0.931. The summed E-state index contributed by atoms with van der Waals surface area (Å²) in [5, 5.41) is 0. The number of hydrogen-bond acceptors (Lipinski definition) is 1. The Bertz CT molecular complexity index is 119. The zero-order chi connectivity index (χ0) is 5.11. The predicted molar refractivity (Wildman–Crippen MR) is 26.9 cm³/mol. The molecule has 1 aromatic rings. The van der Waals surface area contributed by atoms with Crippen LogP contribution in [0.15, 0.2) is 16.7 Å². The maximum atomic E-state index is 4.68. The van der Waals surface area contributed by atoms with Gasteiger partial charge in [-0.05, 0) is 18.1 Å². The lowest BCUT2D eigenvalue weighted by Crippen LogP contribution is -1.66. The second-order valence-corrected chi connectivity index (χ2v) is 1.43. The van der Waals surface area contributed by atoms with Gasteiger partial charge in [0, 0.05) is 0 Å². The minimum atomic E-state index is 1.03. The van der Waals surface area contributed by atoms with Crippen LogP contribution < -0.4 is 0 Å². The molecule has 1 heteroatoms. The summed E-state index contributed by atoms with van der Waals surface area (Å²) in [4.78, 5) is 0. The monoisotopic (exact) mass is 95.0 g/mol. The van der Waals surface area contributed by atoms with E-state index in [1.165, 1.54) is 5.56 Å². The standard InChI is InChI=1S/C6H7O/c1-2-6-3-4-7-5-6/h3,5H,2H2,1H3. The highest BCUT2D eigenvalue weighted by molar-refractivity contribution is 5.02. The SMILES string of the molecule is CCc1c[c]oc1. The molecule has 0 bridgehead atoms. The van der Waals surface area contributed by atoms with Crippen LogP contribution in [0.2, 0.25) is 0 Å². The summed E-state index contributed by atoms with van der Waals surface area (Å²) in [5.74, 6) is 0. The second kappa shape index (κ2) is 1.82. The van der Waals surface area contributed by atoms with Crippen LogP contribution in [0.3, 0.4) is 0 Å². The first-order valence-corrected chi connectivity index (χ1v) is 2.37. The molecule has 1 heterocycles. The van der Waals surface area contributed by atoms with E-state index in [-0.39, 0.29) is 0 Å². The predicted octanol–water partition coefficient (Wildman–Crippen LogP) is 1.64. The Morgan fingerprint density at radius 2 is 2.71 bits per heavy atom. The number of rotatable bonds is 1. The molecule has 0 unspecified atom stereocenters. The summed E-state index contributed by atoms with van der Waals surface area (Å²) in [6.07, 6.45) is 5.35. The van der Waals surface area contributed by atoms with Gasteiger partial charge in [0.1, 0.15) is 0 Å². The van der Waals surface area contributed by atoms with E-state index in [2.05, 4.69) is 17.6 Å². The highest BCUT2D eigenvalue weighted by Gasteiger charge is 1.84. The van der Waals surface area contributed by atoms with Gasteiger partial charge in [-0.25, -0.2) is 0 Å². The highest BCUT2D eigenvalue weighted by atomic mass is 16.3. The molecule has 0 aliphatic carbocycles. The number of hydrogen-bond donors (Lipinski definition) is 0. The van der Waals surface area contributed by atoms with Gasteiger partial charge in [-0.1, -0.05) is 6.92 Å². The van der Waals surface area contributed by atoms with Crippen LogP contribution in [0.1, 0.15) is 12.5 Å². The van der Waals surface area contributed by atoms with Crippen molar-refractivity contribution in [3.63, 3.8) is 0 Å². The van der Waals surface area contributed by atoms with Crippen LogP contribution in [0, 0.1) is 6.26 Å². The fraction of sp³-hybridized carbons (Fsp3) is 0.333. The first kappa shape index (κ1) is 4.44. The quantitative estimate of drug-likeness (QED) is 0.516. The van der Waals surface area contributed by atoms with Crippen molar-refractivity contribution < 1.29 is 4.42 Å². The largest absolute Gasteiger partial charge is 0.461 e. The first-order chi connectivity index (χ1) is 3.43. The molecule has 0 spiro atoms. The topological polar surface area (TPSA) is 13.1 Å². The van der Waals surface area contributed by atoms with Crippen LogP contribution in [0.4, 0.5) is 0 Å². The number of furan rings is 1. The van der Waals surface area contributed by atoms with E-state index in [0.29, 0.717) is 0 Å². The molecule has 1 rings (SSSR count). The van der Waals surface area contributed by atoms with Crippen LogP contribution in [0.25, 0.3) is 0 Å². The zero-order valence-electron chi connectivity index (χ0n) is 4.27. The van der Waals surface area contributed by atoms with Crippen molar-refractivity contribution in [2.45, 2.75) is 13.3 Å². The molecule has 7 heavy (non-hydrogen) atoms. The molecule has 0 amide bonds. The van der Waals surface area contributed by atoms with Gasteiger partial charge in [0.05, 0.1) is 6.26 Å². The first-order valence-electron chi connectivity index (χ1n) is 2.37. The van der Waals surface area contributed by atoms with E-state index in [1.54, 1.807) is 6.26 Å². The van der Waals surface area contributed by atoms with Crippen LogP contribution in [-0.4, -0.2) is 0 Å². The van der Waals surface area contributed by atoms with Crippen molar-refractivity contribution in [1.82, 2.24) is 0 Å². The maximum Gasteiger partial charge on any atom is 0.169 e. The molecule has 0 aliphatic rings. The molecule has 0 saturated heterocycles. The average molecular weight is 95.1 g/mol. The van der Waals surface area contributed by atoms with Crippen molar-refractivity contribution >= 4 is 0 Å². The van der Waals surface area contributed by atoms with E-state index >= 15 is 0 Å². The normalized spacial score (nSPS) is 9.29. The van der Waals surface area contributed by atoms with E-state index in [0.717, 1.165) is 6.42 Å². The second-order valence-electron chi connectivity index (χ2n) is 1.43. The van der Waals surface area contributed by atoms with Gasteiger partial charge < -0.3 is 4.42 Å². The van der Waals surface area contributed by atoms with Crippen molar-refractivity contribution in [3.05, 3.63) is 24.2 Å². The highest BCUT2D eigenvalue weighted by Crippen LogP contribution is 1.97. The lowest BCUT2D eigenvalue weighted by atomic mass is 10.3. The molecule has 1 aromatic heterocycles. The molecule has 37 valence electrons. The molecule has 0 N–H and O–H groups in total. The van der Waals surface area contributed by atoms with Crippen molar-refractivity contribution in [2.75, 3.05) is 0 Å². The van der Waals surface area contributed by atoms with E-state index < -0.39 is 0 Å². The molecule has 1 nitrogen and oxygen atoms in total. The van der Waals surface area contributed by atoms with Crippen molar-refractivity contribution in [2.24, 2.45) is 0 Å². The Labute approximate surface area is 43.0 Å². The summed E-state index contributed by atoms with van der Waals surface area (Å²) in [6, 6.07) is 1.85. The summed E-state index contributed by atoms with van der Waals surface area (Å²) >= 11 is 0. The third-order valence-corrected chi connectivity index (χ3v) is 0.931. The Balaban J connectivity index is 2.76. The lowest BCUT2D eigenvalue weighted by Gasteiger charge is -1.76. The van der Waals surface area contributed by atoms with Crippen LogP contribution >= 0.6 is 0 Å². The molecular formula is C6H7O. The molecule has 0 fully saturated rings. The average Bonchev–Trinajstić information content (AvgIpc) is 2.14. The Morgan fingerprint density at radius 1 is 1.86 bits per heavy atom. The minimum absolute atomic E-state index is 1.03. The van der Waals surface area contributed by atoms with E-state index in [4.69, 9.17) is 0 Å². The zero-order valence-corrected chi connectivity index (χ0v) is 4.27. The summed E-state index contributed by atoms with van der Waals surface area (Å²) in [7, 11) is 0. The third kappa shape index (κ3) is 0.829. The van der Waals surface area contributed by atoms with Crippen LogP contribution in [-0.2, 0) is 6.42 Å². The van der Waals surface area contributed by atoms with Gasteiger partial charge in [0.15, 0.2) is 6.26 Å². The van der Waals surface area contributed by atoms with Crippen molar-refractivity contribution in [3.8, 4) is 0 Å². The van der Waals surface area contributed by atoms with Gasteiger partial charge >= 0.3 is 0 Å². The Kier molecular flexibility index (Phi) is 1.16. The van der Waals surface area contributed by atoms with E-state index in [1.807, 2.05) is 6.07 Å². The smallest absolute Gasteiger partial charge is 0.169 e. The molecule has 1 radical (unpaired) electrons. The van der Waals surface area contributed by atoms with Gasteiger partial charge in [-0.2, -0.15) is 0 Å². The molecule has 0 saturated carbocycles. The summed E-state index contributed by atoms with van der Waals surface area (Å²) in [6.45, 7) is 2.08. The fourth-order valence-corrected chi connectivity index (χ4v) is 0.439. The van der Waals surface area contributed by atoms with Crippen molar-refractivity contribution in [1.29, 1.82) is 0 Å². The molecular weight excluding hydrogens is 88.1 g/mol. The molecule has 0 atom stereocenters. The van der Waals surface area contributed by atoms with Gasteiger partial charge in [-0.15, -0.1) is 0 Å². The minimum Gasteiger partial charge on any atom is -0.461 e. The van der Waals surface area contributed by atoms with Gasteiger partial charge in [0.25, 0.3) is 0 Å². The van der Waals surface area contributed by atoms with E-state index in [9.17, 15) is 0 Å². The maximum absolute atomic E-state index is 4.68. The van der Waals surface area contributed by atoms with Gasteiger partial charge in [0.2, 0.25) is 0 Å². The summed E-state index contributed by atoms with van der Waals surface area (Å²) in [5.41, 5.74) is 1.21. The van der Waals surface area contributed by atoms with Gasteiger partial charge in [-0.3, -0.25) is 0 Å². The number of aryl methyl sites for hydroxylation is 1. The fourth-order valence-electron chi connectivity index (χ4n) is 0.439. The lowest BCUT2D eigenvalue weighted by molar-refractivity contribution is 0.555.